The molecule has 1 aliphatic rings. The molecule has 6 nitrogen and oxygen atoms in total. The molecule has 21 heavy (non-hydrogen) atoms. The zero-order valence-corrected chi connectivity index (χ0v) is 12.9. The number of hydrogen-bond acceptors (Lipinski definition) is 5. The number of carboxylic acid groups (broad SMARTS) is 1. The SMILES string of the molecule is CC(C)(C)OC(=O)C(C=O)(C1CCCCC1)C(N)C(=O)O. The second-order valence-electron chi connectivity index (χ2n) is 6.70. The highest BCUT2D eigenvalue weighted by atomic mass is 16.6. The third kappa shape index (κ3) is 3.81. The van der Waals surface area contributed by atoms with Gasteiger partial charge in [-0.25, -0.2) is 0 Å². The Morgan fingerprint density at radius 3 is 2.14 bits per heavy atom. The summed E-state index contributed by atoms with van der Waals surface area (Å²) in [4.78, 5) is 35.6. The molecule has 0 aromatic heterocycles. The van der Waals surface area contributed by atoms with Crippen LogP contribution in [0.3, 0.4) is 0 Å². The Morgan fingerprint density at radius 2 is 1.76 bits per heavy atom. The van der Waals surface area contributed by atoms with Crippen molar-refractivity contribution in [2.45, 2.75) is 64.5 Å². The van der Waals surface area contributed by atoms with E-state index in [9.17, 15) is 19.5 Å². The van der Waals surface area contributed by atoms with E-state index >= 15 is 0 Å². The Kier molecular flexibility index (Phi) is 5.50. The molecular formula is C15H25NO5. The van der Waals surface area contributed by atoms with Crippen LogP contribution >= 0.6 is 0 Å². The number of nitrogens with two attached hydrogens (primary N) is 1. The fourth-order valence-corrected chi connectivity index (χ4v) is 2.92. The van der Waals surface area contributed by atoms with Crippen LogP contribution in [0, 0.1) is 11.3 Å². The maximum absolute atomic E-state index is 12.6. The molecule has 0 spiro atoms. The Labute approximate surface area is 125 Å². The maximum Gasteiger partial charge on any atom is 0.322 e. The first-order valence-electron chi connectivity index (χ1n) is 7.33. The van der Waals surface area contributed by atoms with Gasteiger partial charge in [0.05, 0.1) is 0 Å². The molecule has 0 aromatic carbocycles. The minimum Gasteiger partial charge on any atom is -0.480 e. The van der Waals surface area contributed by atoms with Crippen LogP contribution in [-0.2, 0) is 19.1 Å². The largest absolute Gasteiger partial charge is 0.480 e. The molecule has 0 aliphatic heterocycles. The van der Waals surface area contributed by atoms with Crippen molar-refractivity contribution in [2.24, 2.45) is 17.1 Å². The Bertz CT molecular complexity index is 409. The summed E-state index contributed by atoms with van der Waals surface area (Å²) in [6.07, 6.45) is 4.35. The number of aldehydes is 1. The molecule has 2 unspecified atom stereocenters. The highest BCUT2D eigenvalue weighted by Crippen LogP contribution is 2.41. The van der Waals surface area contributed by atoms with Crippen molar-refractivity contribution in [2.75, 3.05) is 0 Å². The van der Waals surface area contributed by atoms with E-state index in [2.05, 4.69) is 0 Å². The average molecular weight is 299 g/mol. The van der Waals surface area contributed by atoms with Crippen LogP contribution in [0.2, 0.25) is 0 Å². The van der Waals surface area contributed by atoms with Gasteiger partial charge in [0.25, 0.3) is 0 Å². The standard InChI is InChI=1S/C15H25NO5/c1-14(2,3)21-13(20)15(9-17,11(16)12(18)19)10-7-5-4-6-8-10/h9-11H,4-8,16H2,1-3H3,(H,18,19). The van der Waals surface area contributed by atoms with Gasteiger partial charge >= 0.3 is 11.9 Å². The predicted molar refractivity (Wildman–Crippen MR) is 76.5 cm³/mol. The number of hydrogen-bond donors (Lipinski definition) is 2. The first kappa shape index (κ1) is 17.6. The van der Waals surface area contributed by atoms with Crippen LogP contribution in [-0.4, -0.2) is 35.0 Å². The van der Waals surface area contributed by atoms with E-state index in [1.807, 2.05) is 0 Å². The minimum absolute atomic E-state index is 0.385. The van der Waals surface area contributed by atoms with Gasteiger partial charge in [0.1, 0.15) is 17.9 Å². The number of ether oxygens (including phenoxy) is 1. The summed E-state index contributed by atoms with van der Waals surface area (Å²) in [5, 5.41) is 9.23. The Hall–Kier alpha value is -1.43. The summed E-state index contributed by atoms with van der Waals surface area (Å²) < 4.78 is 5.31. The summed E-state index contributed by atoms with van der Waals surface area (Å²) in [6, 6.07) is -1.59. The van der Waals surface area contributed by atoms with Gasteiger partial charge in [0, 0.05) is 0 Å². The molecule has 1 fully saturated rings. The summed E-state index contributed by atoms with van der Waals surface area (Å²) in [6.45, 7) is 5.02. The molecule has 0 aromatic rings. The highest BCUT2D eigenvalue weighted by Gasteiger charge is 2.55. The van der Waals surface area contributed by atoms with Crippen molar-refractivity contribution < 1.29 is 24.2 Å². The molecule has 2 atom stereocenters. The lowest BCUT2D eigenvalue weighted by molar-refractivity contribution is -0.178. The third-order valence-electron chi connectivity index (χ3n) is 4.01. The molecule has 1 rings (SSSR count). The zero-order chi connectivity index (χ0) is 16.3. The van der Waals surface area contributed by atoms with Crippen molar-refractivity contribution in [1.82, 2.24) is 0 Å². The first-order valence-corrected chi connectivity index (χ1v) is 7.33. The molecule has 1 aliphatic carbocycles. The number of aliphatic carboxylic acids is 1. The van der Waals surface area contributed by atoms with Crippen molar-refractivity contribution in [3.8, 4) is 0 Å². The summed E-state index contributed by atoms with van der Waals surface area (Å²) in [5.41, 5.74) is 3.11. The number of carboxylic acids is 1. The number of rotatable bonds is 5. The second kappa shape index (κ2) is 6.56. The van der Waals surface area contributed by atoms with E-state index in [1.54, 1.807) is 20.8 Å². The van der Waals surface area contributed by atoms with E-state index in [1.165, 1.54) is 0 Å². The van der Waals surface area contributed by atoms with E-state index in [4.69, 9.17) is 10.5 Å². The van der Waals surface area contributed by atoms with Crippen molar-refractivity contribution in [3.05, 3.63) is 0 Å². The van der Waals surface area contributed by atoms with Crippen molar-refractivity contribution in [1.29, 1.82) is 0 Å². The van der Waals surface area contributed by atoms with E-state index < -0.39 is 29.0 Å². The van der Waals surface area contributed by atoms with Crippen LogP contribution in [0.4, 0.5) is 0 Å². The van der Waals surface area contributed by atoms with Crippen LogP contribution in [0.15, 0.2) is 0 Å². The van der Waals surface area contributed by atoms with Crippen LogP contribution < -0.4 is 5.73 Å². The Balaban J connectivity index is 3.21. The van der Waals surface area contributed by atoms with Crippen LogP contribution in [0.5, 0.6) is 0 Å². The molecule has 0 heterocycles. The van der Waals surface area contributed by atoms with Gasteiger partial charge < -0.3 is 20.4 Å². The van der Waals surface area contributed by atoms with Gasteiger partial charge in [-0.1, -0.05) is 19.3 Å². The Morgan fingerprint density at radius 1 is 1.24 bits per heavy atom. The van der Waals surface area contributed by atoms with E-state index in [-0.39, 0.29) is 5.92 Å². The lowest BCUT2D eigenvalue weighted by Gasteiger charge is -2.40. The molecule has 3 N–H and O–H groups in total. The fourth-order valence-electron chi connectivity index (χ4n) is 2.92. The average Bonchev–Trinajstić information content (AvgIpc) is 2.39. The summed E-state index contributed by atoms with van der Waals surface area (Å²) in [7, 11) is 0. The lowest BCUT2D eigenvalue weighted by atomic mass is 9.65. The van der Waals surface area contributed by atoms with Crippen molar-refractivity contribution in [3.63, 3.8) is 0 Å². The molecule has 0 saturated heterocycles. The maximum atomic E-state index is 12.6. The summed E-state index contributed by atoms with van der Waals surface area (Å²) in [5.74, 6) is -2.57. The lowest BCUT2D eigenvalue weighted by Crippen LogP contribution is -2.59. The molecular weight excluding hydrogens is 274 g/mol. The molecule has 0 bridgehead atoms. The number of carbonyl (C=O) groups excluding carboxylic acids is 2. The highest BCUT2D eigenvalue weighted by molar-refractivity contribution is 6.00. The van der Waals surface area contributed by atoms with Gasteiger partial charge in [-0.2, -0.15) is 0 Å². The van der Waals surface area contributed by atoms with Crippen LogP contribution in [0.25, 0.3) is 0 Å². The number of esters is 1. The normalized spacial score (nSPS) is 21.1. The van der Waals surface area contributed by atoms with E-state index in [0.29, 0.717) is 19.1 Å². The molecule has 0 radical (unpaired) electrons. The molecule has 6 heteroatoms. The van der Waals surface area contributed by atoms with Crippen molar-refractivity contribution >= 4 is 18.2 Å². The third-order valence-corrected chi connectivity index (χ3v) is 4.01. The molecule has 120 valence electrons. The summed E-state index contributed by atoms with van der Waals surface area (Å²) >= 11 is 0. The quantitative estimate of drug-likeness (QED) is 0.452. The first-order chi connectivity index (χ1) is 9.65. The minimum atomic E-state index is -1.81. The molecule has 1 saturated carbocycles. The van der Waals surface area contributed by atoms with Gasteiger partial charge in [0.2, 0.25) is 0 Å². The van der Waals surface area contributed by atoms with Crippen LogP contribution in [0.1, 0.15) is 52.9 Å². The van der Waals surface area contributed by atoms with Gasteiger partial charge in [-0.05, 0) is 39.5 Å². The molecule has 0 amide bonds. The topological polar surface area (TPSA) is 107 Å². The predicted octanol–water partition coefficient (Wildman–Crippen LogP) is 1.51. The zero-order valence-electron chi connectivity index (χ0n) is 12.9. The monoisotopic (exact) mass is 299 g/mol. The van der Waals surface area contributed by atoms with Gasteiger partial charge in [0.15, 0.2) is 5.41 Å². The van der Waals surface area contributed by atoms with E-state index in [0.717, 1.165) is 19.3 Å². The smallest absolute Gasteiger partial charge is 0.322 e. The second-order valence-corrected chi connectivity index (χ2v) is 6.70. The number of carbonyl (C=O) groups is 3. The van der Waals surface area contributed by atoms with Gasteiger partial charge in [-0.3, -0.25) is 9.59 Å². The van der Waals surface area contributed by atoms with Gasteiger partial charge in [-0.15, -0.1) is 0 Å². The fraction of sp³-hybridized carbons (Fsp3) is 0.800.